The third-order valence-electron chi connectivity index (χ3n) is 5.86. The van der Waals surface area contributed by atoms with Crippen LogP contribution in [-0.4, -0.2) is 42.7 Å². The van der Waals surface area contributed by atoms with Crippen molar-refractivity contribution >= 4 is 50.3 Å². The number of nitrogen functional groups attached to an aromatic ring is 1. The lowest BCUT2D eigenvalue weighted by Crippen LogP contribution is -2.38. The number of ether oxygens (including phenoxy) is 2. The van der Waals surface area contributed by atoms with Gasteiger partial charge >= 0.3 is 0 Å². The summed E-state index contributed by atoms with van der Waals surface area (Å²) >= 11 is 7.43. The van der Waals surface area contributed by atoms with E-state index in [1.807, 2.05) is 0 Å². The number of rotatable bonds is 3. The van der Waals surface area contributed by atoms with E-state index < -0.39 is 0 Å². The van der Waals surface area contributed by atoms with Gasteiger partial charge in [0.05, 0.1) is 46.4 Å². The zero-order valence-corrected chi connectivity index (χ0v) is 19.1. The molecule has 8 heteroatoms. The minimum Gasteiger partial charge on any atom is -0.397 e. The number of carbonyl (C=O) groups excluding carboxylic acids is 1. The molecule has 0 atom stereocenters. The number of ketones is 1. The summed E-state index contributed by atoms with van der Waals surface area (Å²) in [5, 5.41) is 1.54. The Kier molecular flexibility index (Phi) is 5.17. The molecule has 0 unspecified atom stereocenters. The zero-order chi connectivity index (χ0) is 21.8. The molecule has 0 saturated carbocycles. The van der Waals surface area contributed by atoms with Gasteiger partial charge in [-0.1, -0.05) is 11.6 Å². The maximum Gasteiger partial charge on any atom is 0.205 e. The van der Waals surface area contributed by atoms with E-state index in [1.165, 1.54) is 11.3 Å². The van der Waals surface area contributed by atoms with Crippen LogP contribution >= 0.6 is 22.9 Å². The van der Waals surface area contributed by atoms with Crippen molar-refractivity contribution < 1.29 is 14.3 Å². The highest BCUT2D eigenvalue weighted by Crippen LogP contribution is 2.45. The average Bonchev–Trinajstić information content (AvgIpc) is 3.11. The van der Waals surface area contributed by atoms with E-state index >= 15 is 0 Å². The Morgan fingerprint density at radius 2 is 1.94 bits per heavy atom. The molecule has 0 radical (unpaired) electrons. The van der Waals surface area contributed by atoms with E-state index in [9.17, 15) is 4.79 Å². The Bertz CT molecular complexity index is 1170. The van der Waals surface area contributed by atoms with Gasteiger partial charge in [0.2, 0.25) is 5.78 Å². The molecule has 4 heterocycles. The molecule has 0 amide bonds. The van der Waals surface area contributed by atoms with Gasteiger partial charge in [0.1, 0.15) is 5.82 Å². The second kappa shape index (κ2) is 7.74. The van der Waals surface area contributed by atoms with Crippen LogP contribution in [0.15, 0.2) is 24.3 Å². The number of nitrogens with zero attached hydrogens (tertiary/aromatic N) is 2. The maximum absolute atomic E-state index is 13.3. The third kappa shape index (κ3) is 3.69. The van der Waals surface area contributed by atoms with Crippen LogP contribution in [0.25, 0.3) is 10.1 Å². The second-order valence-corrected chi connectivity index (χ2v) is 10.0. The standard InChI is InChI=1S/C23H24ClN3O3S/c1-23(2)11-15-16(12-30-23)26-22(27-7-9-29-10-8-27)20-17(15)18(25)21(31-20)19(28)13-3-5-14(24)6-4-13/h3-6H,7-12,25H2,1-2H3. The first-order valence-corrected chi connectivity index (χ1v) is 11.5. The van der Waals surface area contributed by atoms with Crippen molar-refractivity contribution in [1.29, 1.82) is 0 Å². The van der Waals surface area contributed by atoms with Crippen molar-refractivity contribution in [2.45, 2.75) is 32.5 Å². The van der Waals surface area contributed by atoms with Crippen molar-refractivity contribution in [3.63, 3.8) is 0 Å². The first-order valence-electron chi connectivity index (χ1n) is 10.3. The lowest BCUT2D eigenvalue weighted by molar-refractivity contribution is -0.0415. The van der Waals surface area contributed by atoms with Crippen LogP contribution in [0.5, 0.6) is 0 Å². The van der Waals surface area contributed by atoms with E-state index in [-0.39, 0.29) is 11.4 Å². The predicted octanol–water partition coefficient (Wildman–Crippen LogP) is 4.45. The molecule has 0 aliphatic carbocycles. The summed E-state index contributed by atoms with van der Waals surface area (Å²) in [6.45, 7) is 7.39. The maximum atomic E-state index is 13.3. The number of fused-ring (bicyclic) bond motifs is 3. The Balaban J connectivity index is 1.71. The van der Waals surface area contributed by atoms with Crippen LogP contribution < -0.4 is 10.6 Å². The predicted molar refractivity (Wildman–Crippen MR) is 125 cm³/mol. The lowest BCUT2D eigenvalue weighted by Gasteiger charge is -2.34. The summed E-state index contributed by atoms with van der Waals surface area (Å²) in [6, 6.07) is 6.92. The molecular weight excluding hydrogens is 434 g/mol. The molecular formula is C23H24ClN3O3S. The van der Waals surface area contributed by atoms with Crippen LogP contribution in [0.2, 0.25) is 5.02 Å². The van der Waals surface area contributed by atoms with E-state index in [0.29, 0.717) is 47.4 Å². The number of morpholine rings is 1. The molecule has 5 rings (SSSR count). The fourth-order valence-electron chi connectivity index (χ4n) is 4.23. The largest absolute Gasteiger partial charge is 0.397 e. The van der Waals surface area contributed by atoms with Gasteiger partial charge in [0, 0.05) is 35.5 Å². The molecule has 2 aromatic heterocycles. The molecule has 6 nitrogen and oxygen atoms in total. The van der Waals surface area contributed by atoms with Crippen molar-refractivity contribution in [2.24, 2.45) is 0 Å². The summed E-state index contributed by atoms with van der Waals surface area (Å²) in [5.74, 6) is 0.774. The van der Waals surface area contributed by atoms with Gasteiger partial charge in [0.15, 0.2) is 0 Å². The van der Waals surface area contributed by atoms with Gasteiger partial charge in [-0.15, -0.1) is 11.3 Å². The molecule has 1 saturated heterocycles. The molecule has 0 bridgehead atoms. The Labute approximate surface area is 189 Å². The van der Waals surface area contributed by atoms with Crippen LogP contribution in [0, 0.1) is 0 Å². The number of thiophene rings is 1. The van der Waals surface area contributed by atoms with Gasteiger partial charge in [-0.05, 0) is 43.7 Å². The summed E-state index contributed by atoms with van der Waals surface area (Å²) < 4.78 is 12.5. The Hall–Kier alpha value is -2.19. The summed E-state index contributed by atoms with van der Waals surface area (Å²) in [4.78, 5) is 21.1. The smallest absolute Gasteiger partial charge is 0.205 e. The van der Waals surface area contributed by atoms with E-state index in [4.69, 9.17) is 31.8 Å². The highest BCUT2D eigenvalue weighted by atomic mass is 35.5. The highest BCUT2D eigenvalue weighted by molar-refractivity contribution is 7.22. The number of halogens is 1. The van der Waals surface area contributed by atoms with Crippen molar-refractivity contribution in [1.82, 2.24) is 4.98 Å². The summed E-state index contributed by atoms with van der Waals surface area (Å²) in [5.41, 5.74) is 9.46. The molecule has 31 heavy (non-hydrogen) atoms. The molecule has 2 aliphatic heterocycles. The average molecular weight is 458 g/mol. The molecule has 2 N–H and O–H groups in total. The minimum atomic E-state index is -0.309. The van der Waals surface area contributed by atoms with Crippen LogP contribution in [0.3, 0.4) is 0 Å². The lowest BCUT2D eigenvalue weighted by atomic mass is 9.91. The molecule has 162 valence electrons. The van der Waals surface area contributed by atoms with Crippen molar-refractivity contribution in [3.05, 3.63) is 51.0 Å². The topological polar surface area (TPSA) is 77.7 Å². The fraction of sp³-hybridized carbons (Fsp3) is 0.391. The molecule has 1 aromatic carbocycles. The summed E-state index contributed by atoms with van der Waals surface area (Å²) in [6.07, 6.45) is 0.699. The number of anilines is 2. The number of pyridine rings is 1. The number of nitrogens with two attached hydrogens (primary N) is 1. The highest BCUT2D eigenvalue weighted by Gasteiger charge is 2.33. The first kappa shape index (κ1) is 20.7. The van der Waals surface area contributed by atoms with Crippen molar-refractivity contribution in [3.8, 4) is 0 Å². The van der Waals surface area contributed by atoms with Crippen LogP contribution in [0.1, 0.15) is 40.3 Å². The van der Waals surface area contributed by atoms with Gasteiger partial charge in [0.25, 0.3) is 0 Å². The van der Waals surface area contributed by atoms with E-state index in [1.54, 1.807) is 24.3 Å². The van der Waals surface area contributed by atoms with Crippen LogP contribution in [-0.2, 0) is 22.5 Å². The molecule has 2 aliphatic rings. The number of hydrogen-bond donors (Lipinski definition) is 1. The minimum absolute atomic E-state index is 0.0941. The molecule has 0 spiro atoms. The monoisotopic (exact) mass is 457 g/mol. The second-order valence-electron chi connectivity index (χ2n) is 8.57. The van der Waals surface area contributed by atoms with Gasteiger partial charge in [-0.2, -0.15) is 0 Å². The Morgan fingerprint density at radius 1 is 1.23 bits per heavy atom. The fourth-order valence-corrected chi connectivity index (χ4v) is 5.59. The van der Waals surface area contributed by atoms with Gasteiger partial charge in [-0.25, -0.2) is 4.98 Å². The number of benzene rings is 1. The van der Waals surface area contributed by atoms with E-state index in [2.05, 4.69) is 18.7 Å². The normalized spacial score (nSPS) is 18.2. The molecule has 1 fully saturated rings. The Morgan fingerprint density at radius 3 is 2.65 bits per heavy atom. The van der Waals surface area contributed by atoms with E-state index in [0.717, 1.165) is 40.3 Å². The first-order chi connectivity index (χ1) is 14.8. The number of carbonyl (C=O) groups is 1. The van der Waals surface area contributed by atoms with Gasteiger partial charge < -0.3 is 20.1 Å². The molecule has 3 aromatic rings. The van der Waals surface area contributed by atoms with Crippen molar-refractivity contribution in [2.75, 3.05) is 36.9 Å². The van der Waals surface area contributed by atoms with Crippen LogP contribution in [0.4, 0.5) is 11.5 Å². The quantitative estimate of drug-likeness (QED) is 0.585. The zero-order valence-electron chi connectivity index (χ0n) is 17.5. The SMILES string of the molecule is CC1(C)Cc2c(nc(N3CCOCC3)c3sc(C(=O)c4ccc(Cl)cc4)c(N)c23)CO1. The number of aromatic nitrogens is 1. The number of hydrogen-bond acceptors (Lipinski definition) is 7. The summed E-state index contributed by atoms with van der Waals surface area (Å²) in [7, 11) is 0. The van der Waals surface area contributed by atoms with Gasteiger partial charge in [-0.3, -0.25) is 4.79 Å². The third-order valence-corrected chi connectivity index (χ3v) is 7.32.